The number of amides is 2. The summed E-state index contributed by atoms with van der Waals surface area (Å²) in [6.07, 6.45) is 4.98. The Morgan fingerprint density at radius 1 is 1.15 bits per heavy atom. The minimum absolute atomic E-state index is 0.0744. The third-order valence-electron chi connectivity index (χ3n) is 5.54. The molecule has 0 saturated heterocycles. The molecule has 0 unspecified atom stereocenters. The summed E-state index contributed by atoms with van der Waals surface area (Å²) >= 11 is 0. The summed E-state index contributed by atoms with van der Waals surface area (Å²) in [6, 6.07) is 9.37. The summed E-state index contributed by atoms with van der Waals surface area (Å²) in [6.45, 7) is 9.60. The third-order valence-corrected chi connectivity index (χ3v) is 5.54. The molecule has 2 N–H and O–H groups in total. The van der Waals surface area contributed by atoms with E-state index in [0.29, 0.717) is 36.3 Å². The fourth-order valence-electron chi connectivity index (χ4n) is 3.58. The molecule has 0 atom stereocenters. The lowest BCUT2D eigenvalue weighted by atomic mass is 10.1. The van der Waals surface area contributed by atoms with Gasteiger partial charge in [-0.2, -0.15) is 4.98 Å². The summed E-state index contributed by atoms with van der Waals surface area (Å²) in [5.41, 5.74) is 5.00. The smallest absolute Gasteiger partial charge is 0.407 e. The number of pyridine rings is 1. The Labute approximate surface area is 232 Å². The zero-order valence-electron chi connectivity index (χ0n) is 23.5. The number of rotatable bonds is 8. The Morgan fingerprint density at radius 2 is 1.93 bits per heavy atom. The van der Waals surface area contributed by atoms with Crippen LogP contribution in [0.1, 0.15) is 49.9 Å². The van der Waals surface area contributed by atoms with Gasteiger partial charge in [-0.1, -0.05) is 23.4 Å². The molecule has 0 saturated carbocycles. The number of fused-ring (bicyclic) bond motifs is 1. The molecular formula is C28H34N6O6. The van der Waals surface area contributed by atoms with Gasteiger partial charge in [0.2, 0.25) is 18.1 Å². The number of hydrogen-bond donors (Lipinski definition) is 2. The Hall–Kier alpha value is -4.74. The molecule has 0 bridgehead atoms. The predicted molar refractivity (Wildman–Crippen MR) is 147 cm³/mol. The van der Waals surface area contributed by atoms with Crippen molar-refractivity contribution in [3.05, 3.63) is 65.4 Å². The van der Waals surface area contributed by atoms with Crippen molar-refractivity contribution in [2.75, 3.05) is 12.4 Å². The van der Waals surface area contributed by atoms with Crippen molar-refractivity contribution in [1.29, 1.82) is 0 Å². The number of esters is 1. The van der Waals surface area contributed by atoms with E-state index in [9.17, 15) is 14.4 Å². The molecule has 0 radical (unpaired) electrons. The largest absolute Gasteiger partial charge is 0.460 e. The first kappa shape index (κ1) is 29.8. The second-order valence-electron chi connectivity index (χ2n) is 9.90. The highest BCUT2D eigenvalue weighted by molar-refractivity contribution is 5.76. The Morgan fingerprint density at radius 3 is 2.62 bits per heavy atom. The molecule has 3 aromatic heterocycles. The van der Waals surface area contributed by atoms with Crippen molar-refractivity contribution in [3.63, 3.8) is 0 Å². The summed E-state index contributed by atoms with van der Waals surface area (Å²) in [5, 5.41) is 8.87. The number of methoxy groups -OCH3 is 1. The van der Waals surface area contributed by atoms with Crippen molar-refractivity contribution in [2.45, 2.75) is 59.6 Å². The van der Waals surface area contributed by atoms with Crippen molar-refractivity contribution in [1.82, 2.24) is 24.8 Å². The summed E-state index contributed by atoms with van der Waals surface area (Å²) in [7, 11) is 1.27. The minimum atomic E-state index is -0.581. The molecule has 0 fully saturated rings. The van der Waals surface area contributed by atoms with Crippen LogP contribution in [0.25, 0.3) is 17.0 Å². The first-order chi connectivity index (χ1) is 19.0. The Balaban J connectivity index is 0.000000222. The fraction of sp³-hybridized carbons (Fsp3) is 0.357. The molecule has 4 rings (SSSR count). The van der Waals surface area contributed by atoms with Gasteiger partial charge in [-0.3, -0.25) is 9.59 Å². The highest BCUT2D eigenvalue weighted by Crippen LogP contribution is 2.23. The summed E-state index contributed by atoms with van der Waals surface area (Å²) in [5.74, 6) is 0.460. The number of aromatic nitrogens is 4. The maximum atomic E-state index is 11.7. The van der Waals surface area contributed by atoms with Crippen LogP contribution < -0.4 is 10.6 Å². The highest BCUT2D eigenvalue weighted by Gasteiger charge is 2.16. The molecule has 0 aliphatic heterocycles. The molecule has 0 aliphatic rings. The summed E-state index contributed by atoms with van der Waals surface area (Å²) in [4.78, 5) is 41.6. The van der Waals surface area contributed by atoms with E-state index in [0.717, 1.165) is 22.5 Å². The number of carbonyl (C=O) groups excluding carboxylic acids is 3. The lowest BCUT2D eigenvalue weighted by molar-refractivity contribution is -0.154. The van der Waals surface area contributed by atoms with Gasteiger partial charge in [-0.05, 0) is 64.3 Å². The standard InChI is InChI=1S/C15H20N2O2.C13H14N4O4/c1-11-9-16-13-7-5-12(10-17(11)13)6-8-14(18)19-15(2,3)4;1-8-3-4-9(5-10(8)15-7-18)12-16-11(21-17-12)6-14-13(19)20-2/h5,7,9-10H,6,8H2,1-4H3;3-5,7H,6H2,1-2H3,(H,14,19)(H,15,18). The van der Waals surface area contributed by atoms with Crippen molar-refractivity contribution >= 4 is 29.8 Å². The van der Waals surface area contributed by atoms with Gasteiger partial charge in [-0.15, -0.1) is 0 Å². The van der Waals surface area contributed by atoms with E-state index in [2.05, 4.69) is 30.5 Å². The van der Waals surface area contributed by atoms with E-state index < -0.39 is 11.7 Å². The minimum Gasteiger partial charge on any atom is -0.460 e. The number of ether oxygens (including phenoxy) is 2. The molecule has 12 heteroatoms. The van der Waals surface area contributed by atoms with E-state index in [1.54, 1.807) is 6.07 Å². The molecule has 0 spiro atoms. The predicted octanol–water partition coefficient (Wildman–Crippen LogP) is 4.39. The lowest BCUT2D eigenvalue weighted by Crippen LogP contribution is -2.24. The van der Waals surface area contributed by atoms with Gasteiger partial charge in [-0.25, -0.2) is 9.78 Å². The number of nitrogens with one attached hydrogen (secondary N) is 2. The van der Waals surface area contributed by atoms with Gasteiger partial charge in [0.1, 0.15) is 17.8 Å². The molecular weight excluding hydrogens is 516 g/mol. The van der Waals surface area contributed by atoms with Crippen LogP contribution in [0.4, 0.5) is 10.5 Å². The third kappa shape index (κ3) is 8.65. The molecule has 1 aromatic carbocycles. The van der Waals surface area contributed by atoms with Gasteiger partial charge >= 0.3 is 12.1 Å². The van der Waals surface area contributed by atoms with E-state index in [1.165, 1.54) is 7.11 Å². The monoisotopic (exact) mass is 550 g/mol. The Kier molecular flexibility index (Phi) is 9.96. The zero-order chi connectivity index (χ0) is 29.3. The van der Waals surface area contributed by atoms with E-state index in [4.69, 9.17) is 9.26 Å². The summed E-state index contributed by atoms with van der Waals surface area (Å²) < 4.78 is 16.8. The van der Waals surface area contributed by atoms with Crippen LogP contribution in [-0.4, -0.2) is 50.7 Å². The van der Waals surface area contributed by atoms with Crippen molar-refractivity contribution < 1.29 is 28.4 Å². The maximum Gasteiger partial charge on any atom is 0.407 e. The number of carbonyl (C=O) groups is 3. The van der Waals surface area contributed by atoms with Gasteiger partial charge < -0.3 is 29.0 Å². The average Bonchev–Trinajstić information content (AvgIpc) is 3.53. The highest BCUT2D eigenvalue weighted by atomic mass is 16.6. The number of aryl methyl sites for hydroxylation is 3. The van der Waals surface area contributed by atoms with Crippen LogP contribution in [0.3, 0.4) is 0 Å². The van der Waals surface area contributed by atoms with Gasteiger partial charge in [0, 0.05) is 35.8 Å². The number of imidazole rings is 1. The first-order valence-corrected chi connectivity index (χ1v) is 12.6. The number of benzene rings is 1. The molecule has 3 heterocycles. The molecule has 4 aromatic rings. The lowest BCUT2D eigenvalue weighted by Gasteiger charge is -2.19. The van der Waals surface area contributed by atoms with Gasteiger partial charge in [0.25, 0.3) is 0 Å². The average molecular weight is 551 g/mol. The van der Waals surface area contributed by atoms with Crippen LogP contribution in [0.5, 0.6) is 0 Å². The normalized spacial score (nSPS) is 10.8. The van der Waals surface area contributed by atoms with Crippen LogP contribution in [0, 0.1) is 13.8 Å². The van der Waals surface area contributed by atoms with Crippen LogP contribution in [-0.2, 0) is 32.0 Å². The molecule has 40 heavy (non-hydrogen) atoms. The fourth-order valence-corrected chi connectivity index (χ4v) is 3.58. The van der Waals surface area contributed by atoms with E-state index in [-0.39, 0.29) is 18.4 Å². The van der Waals surface area contributed by atoms with Gasteiger partial charge in [0.15, 0.2) is 0 Å². The van der Waals surface area contributed by atoms with E-state index >= 15 is 0 Å². The second kappa shape index (κ2) is 13.4. The number of anilines is 1. The van der Waals surface area contributed by atoms with Crippen molar-refractivity contribution in [2.24, 2.45) is 0 Å². The van der Waals surface area contributed by atoms with Crippen LogP contribution in [0.2, 0.25) is 0 Å². The zero-order valence-corrected chi connectivity index (χ0v) is 23.5. The molecule has 212 valence electrons. The maximum absolute atomic E-state index is 11.7. The Bertz CT molecular complexity index is 1470. The quantitative estimate of drug-likeness (QED) is 0.240. The van der Waals surface area contributed by atoms with Crippen LogP contribution in [0.15, 0.2) is 47.2 Å². The second-order valence-corrected chi connectivity index (χ2v) is 9.90. The van der Waals surface area contributed by atoms with Crippen LogP contribution >= 0.6 is 0 Å². The molecule has 12 nitrogen and oxygen atoms in total. The van der Waals surface area contributed by atoms with Crippen molar-refractivity contribution in [3.8, 4) is 11.4 Å². The number of alkyl carbamates (subject to hydrolysis) is 1. The molecule has 2 amide bonds. The SMILES string of the molecule is COC(=O)NCc1nc(-c2ccc(C)c(NC=O)c2)no1.Cc1cnc2ccc(CCC(=O)OC(C)(C)C)cn12. The van der Waals surface area contributed by atoms with Gasteiger partial charge in [0.05, 0.1) is 7.11 Å². The first-order valence-electron chi connectivity index (χ1n) is 12.6. The topological polar surface area (TPSA) is 150 Å². The van der Waals surface area contributed by atoms with E-state index in [1.807, 2.05) is 75.7 Å². The number of hydrogen-bond acceptors (Lipinski definition) is 9. The number of nitrogens with zero attached hydrogens (tertiary/aromatic N) is 4. The molecule has 0 aliphatic carbocycles.